The molecule has 3 aromatic carbocycles. The first-order valence-electron chi connectivity index (χ1n) is 14.0. The monoisotopic (exact) mass is 597 g/mol. The van der Waals surface area contributed by atoms with Crippen LogP contribution in [0.5, 0.6) is 0 Å². The summed E-state index contributed by atoms with van der Waals surface area (Å²) in [7, 11) is -4.16. The van der Waals surface area contributed by atoms with Crippen molar-refractivity contribution in [3.8, 4) is 0 Å². The maximum Gasteiger partial charge on any atom is 0.264 e. The van der Waals surface area contributed by atoms with Crippen LogP contribution in [0.25, 0.3) is 0 Å². The van der Waals surface area contributed by atoms with E-state index in [9.17, 15) is 18.0 Å². The summed E-state index contributed by atoms with van der Waals surface area (Å²) >= 11 is 6.30. The minimum absolute atomic E-state index is 0.0599. The molecule has 0 aromatic heterocycles. The number of sulfonamides is 1. The van der Waals surface area contributed by atoms with E-state index in [4.69, 9.17) is 11.6 Å². The molecule has 3 aromatic rings. The first-order valence-corrected chi connectivity index (χ1v) is 15.8. The van der Waals surface area contributed by atoms with Gasteiger partial charge in [0, 0.05) is 18.1 Å². The second kappa shape index (κ2) is 14.5. The summed E-state index contributed by atoms with van der Waals surface area (Å²) in [6, 6.07) is 18.4. The summed E-state index contributed by atoms with van der Waals surface area (Å²) in [4.78, 5) is 29.0. The van der Waals surface area contributed by atoms with Gasteiger partial charge in [-0.05, 0) is 69.0 Å². The number of halogens is 1. The van der Waals surface area contributed by atoms with Gasteiger partial charge in [-0.1, -0.05) is 85.5 Å². The number of nitrogens with one attached hydrogen (secondary N) is 1. The quantitative estimate of drug-likeness (QED) is 0.238. The summed E-state index contributed by atoms with van der Waals surface area (Å²) in [6.07, 6.45) is 2.12. The number of hydrogen-bond acceptors (Lipinski definition) is 4. The molecule has 7 nitrogen and oxygen atoms in total. The number of hydrogen-bond donors (Lipinski definition) is 1. The molecular formula is C32H40ClN3O4S. The van der Waals surface area contributed by atoms with E-state index in [1.54, 1.807) is 37.3 Å². The first-order chi connectivity index (χ1) is 19.5. The third-order valence-electron chi connectivity index (χ3n) is 7.02. The lowest BCUT2D eigenvalue weighted by atomic mass is 10.1. The van der Waals surface area contributed by atoms with Crippen LogP contribution in [0.2, 0.25) is 5.02 Å². The predicted molar refractivity (Wildman–Crippen MR) is 166 cm³/mol. The SMILES string of the molecule is CCCCNC(=O)C(CC)N(Cc1ccc(C)cc1)C(=O)CN(c1cc(Cl)ccc1C)S(=O)(=O)c1ccc(C)cc1. The Balaban J connectivity index is 2.07. The van der Waals surface area contributed by atoms with Crippen LogP contribution in [0.4, 0.5) is 5.69 Å². The molecule has 0 aliphatic rings. The smallest absolute Gasteiger partial charge is 0.264 e. The standard InChI is InChI=1S/C32H40ClN3O4S/c1-6-8-19-34-32(38)29(7-2)35(21-26-14-9-23(3)10-15-26)31(37)22-36(30-20-27(33)16-13-25(30)5)41(39,40)28-17-11-24(4)12-18-28/h9-18,20,29H,6-8,19,21-22H2,1-5H3,(H,34,38). The summed E-state index contributed by atoms with van der Waals surface area (Å²) in [5.41, 5.74) is 3.78. The van der Waals surface area contributed by atoms with Crippen LogP contribution in [0.1, 0.15) is 55.4 Å². The third kappa shape index (κ3) is 8.33. The molecular weight excluding hydrogens is 558 g/mol. The average Bonchev–Trinajstić information content (AvgIpc) is 2.94. The van der Waals surface area contributed by atoms with Gasteiger partial charge in [0.2, 0.25) is 11.8 Å². The van der Waals surface area contributed by atoms with Crippen LogP contribution in [-0.4, -0.2) is 44.3 Å². The molecule has 9 heteroatoms. The van der Waals surface area contributed by atoms with E-state index < -0.39 is 28.5 Å². The fourth-order valence-electron chi connectivity index (χ4n) is 4.52. The Hall–Kier alpha value is -3.36. The zero-order valence-corrected chi connectivity index (χ0v) is 26.1. The zero-order chi connectivity index (χ0) is 30.2. The molecule has 0 heterocycles. The maximum absolute atomic E-state index is 14.2. The molecule has 1 atom stereocenters. The molecule has 220 valence electrons. The number of benzene rings is 3. The van der Waals surface area contributed by atoms with Crippen molar-refractivity contribution in [1.29, 1.82) is 0 Å². The highest BCUT2D eigenvalue weighted by molar-refractivity contribution is 7.92. The van der Waals surface area contributed by atoms with E-state index in [0.29, 0.717) is 29.2 Å². The fraction of sp³-hybridized carbons (Fsp3) is 0.375. The van der Waals surface area contributed by atoms with E-state index in [1.165, 1.54) is 17.0 Å². The molecule has 1 N–H and O–H groups in total. The predicted octanol–water partition coefficient (Wildman–Crippen LogP) is 6.18. The average molecular weight is 598 g/mol. The van der Waals surface area contributed by atoms with Crippen molar-refractivity contribution in [2.45, 2.75) is 71.4 Å². The van der Waals surface area contributed by atoms with Gasteiger partial charge in [-0.25, -0.2) is 8.42 Å². The number of carbonyl (C=O) groups is 2. The summed E-state index contributed by atoms with van der Waals surface area (Å²) < 4.78 is 29.2. The van der Waals surface area contributed by atoms with Crippen LogP contribution in [0.15, 0.2) is 71.6 Å². The molecule has 0 bridgehead atoms. The van der Waals surface area contributed by atoms with Gasteiger partial charge in [0.15, 0.2) is 0 Å². The Kier molecular flexibility index (Phi) is 11.4. The van der Waals surface area contributed by atoms with Crippen LogP contribution in [0, 0.1) is 20.8 Å². The van der Waals surface area contributed by atoms with E-state index >= 15 is 0 Å². The topological polar surface area (TPSA) is 86.8 Å². The van der Waals surface area contributed by atoms with Crippen molar-refractivity contribution in [3.05, 3.63) is 94.0 Å². The minimum atomic E-state index is -4.16. The number of carbonyl (C=O) groups excluding carboxylic acids is 2. The first kappa shape index (κ1) is 32.2. The van der Waals surface area contributed by atoms with E-state index in [2.05, 4.69) is 5.32 Å². The van der Waals surface area contributed by atoms with Gasteiger partial charge in [-0.3, -0.25) is 13.9 Å². The van der Waals surface area contributed by atoms with Crippen molar-refractivity contribution in [3.63, 3.8) is 0 Å². The lowest BCUT2D eigenvalue weighted by Gasteiger charge is -2.33. The normalized spacial score (nSPS) is 12.0. The van der Waals surface area contributed by atoms with E-state index in [0.717, 1.165) is 33.8 Å². The van der Waals surface area contributed by atoms with Crippen LogP contribution >= 0.6 is 11.6 Å². The van der Waals surface area contributed by atoms with Crippen LogP contribution in [-0.2, 0) is 26.2 Å². The van der Waals surface area contributed by atoms with Gasteiger partial charge >= 0.3 is 0 Å². The Bertz CT molecular complexity index is 1440. The number of aryl methyl sites for hydroxylation is 3. The molecule has 0 fully saturated rings. The molecule has 0 aliphatic carbocycles. The van der Waals surface area contributed by atoms with Gasteiger partial charge in [-0.2, -0.15) is 0 Å². The molecule has 0 saturated heterocycles. The van der Waals surface area contributed by atoms with Crippen LogP contribution < -0.4 is 9.62 Å². The second-order valence-corrected chi connectivity index (χ2v) is 12.6. The van der Waals surface area contributed by atoms with Crippen molar-refractivity contribution in [2.75, 3.05) is 17.4 Å². The molecule has 0 spiro atoms. The number of nitrogens with zero attached hydrogens (tertiary/aromatic N) is 2. The van der Waals surface area contributed by atoms with Gasteiger partial charge in [-0.15, -0.1) is 0 Å². The highest BCUT2D eigenvalue weighted by Gasteiger charge is 2.34. The van der Waals surface area contributed by atoms with E-state index in [-0.39, 0.29) is 17.3 Å². The van der Waals surface area contributed by atoms with E-state index in [1.807, 2.05) is 52.0 Å². The molecule has 2 amide bonds. The summed E-state index contributed by atoms with van der Waals surface area (Å²) in [6.45, 7) is 9.68. The van der Waals surface area contributed by atoms with Crippen molar-refractivity contribution in [1.82, 2.24) is 10.2 Å². The van der Waals surface area contributed by atoms with Crippen LogP contribution in [0.3, 0.4) is 0 Å². The molecule has 1 unspecified atom stereocenters. The van der Waals surface area contributed by atoms with Gasteiger partial charge in [0.1, 0.15) is 12.6 Å². The Morgan fingerprint density at radius 2 is 1.51 bits per heavy atom. The lowest BCUT2D eigenvalue weighted by Crippen LogP contribution is -2.52. The van der Waals surface area contributed by atoms with Gasteiger partial charge in [0.25, 0.3) is 10.0 Å². The number of rotatable bonds is 13. The zero-order valence-electron chi connectivity index (χ0n) is 24.5. The third-order valence-corrected chi connectivity index (χ3v) is 9.03. The number of amides is 2. The van der Waals surface area contributed by atoms with Crippen molar-refractivity contribution < 1.29 is 18.0 Å². The fourth-order valence-corrected chi connectivity index (χ4v) is 6.15. The molecule has 0 aliphatic heterocycles. The Morgan fingerprint density at radius 3 is 2.10 bits per heavy atom. The molecule has 41 heavy (non-hydrogen) atoms. The highest BCUT2D eigenvalue weighted by atomic mass is 35.5. The Morgan fingerprint density at radius 1 is 0.902 bits per heavy atom. The number of unbranched alkanes of at least 4 members (excludes halogenated alkanes) is 1. The minimum Gasteiger partial charge on any atom is -0.354 e. The van der Waals surface area contributed by atoms with Gasteiger partial charge in [0.05, 0.1) is 10.6 Å². The lowest BCUT2D eigenvalue weighted by molar-refractivity contribution is -0.140. The maximum atomic E-state index is 14.2. The largest absolute Gasteiger partial charge is 0.354 e. The van der Waals surface area contributed by atoms with Crippen molar-refractivity contribution in [2.24, 2.45) is 0 Å². The number of anilines is 1. The summed E-state index contributed by atoms with van der Waals surface area (Å²) in [5, 5.41) is 3.29. The molecule has 0 saturated carbocycles. The molecule has 3 rings (SSSR count). The second-order valence-electron chi connectivity index (χ2n) is 10.3. The van der Waals surface area contributed by atoms with Gasteiger partial charge < -0.3 is 10.2 Å². The summed E-state index contributed by atoms with van der Waals surface area (Å²) in [5.74, 6) is -0.744. The van der Waals surface area contributed by atoms with Crippen molar-refractivity contribution >= 4 is 39.1 Å². The highest BCUT2D eigenvalue weighted by Crippen LogP contribution is 2.30. The Labute approximate surface area is 249 Å². The molecule has 0 radical (unpaired) electrons.